The summed E-state index contributed by atoms with van der Waals surface area (Å²) < 4.78 is 3.65. The van der Waals surface area contributed by atoms with Crippen molar-refractivity contribution in [2.75, 3.05) is 6.54 Å². The van der Waals surface area contributed by atoms with E-state index in [1.54, 1.807) is 21.9 Å². The highest BCUT2D eigenvalue weighted by Crippen LogP contribution is 2.15. The van der Waals surface area contributed by atoms with Gasteiger partial charge >= 0.3 is 0 Å². The predicted octanol–water partition coefficient (Wildman–Crippen LogP) is 1.93. The molecule has 25 heavy (non-hydrogen) atoms. The number of fused-ring (bicyclic) bond motifs is 2. The Balaban J connectivity index is 1.47. The highest BCUT2D eigenvalue weighted by molar-refractivity contribution is 7.15. The lowest BCUT2D eigenvalue weighted by atomic mass is 10.1. The lowest BCUT2D eigenvalue weighted by Crippen LogP contribution is -2.27. The van der Waals surface area contributed by atoms with Crippen LogP contribution >= 0.6 is 11.3 Å². The Morgan fingerprint density at radius 3 is 3.04 bits per heavy atom. The first-order valence-corrected chi connectivity index (χ1v) is 8.90. The molecule has 0 aromatic carbocycles. The summed E-state index contributed by atoms with van der Waals surface area (Å²) in [6.45, 7) is 4.59. The summed E-state index contributed by atoms with van der Waals surface area (Å²) >= 11 is 1.59. The molecule has 8 nitrogen and oxygen atoms in total. The molecule has 128 valence electrons. The van der Waals surface area contributed by atoms with Gasteiger partial charge in [0.1, 0.15) is 12.0 Å². The third-order valence-corrected chi connectivity index (χ3v) is 4.68. The first-order chi connectivity index (χ1) is 12.1. The summed E-state index contributed by atoms with van der Waals surface area (Å²) in [5.74, 6) is 0.427. The van der Waals surface area contributed by atoms with Crippen molar-refractivity contribution in [3.63, 3.8) is 0 Å². The quantitative estimate of drug-likeness (QED) is 0.591. The van der Waals surface area contributed by atoms with Crippen LogP contribution in [0.3, 0.4) is 0 Å². The Bertz CT molecular complexity index is 1020. The van der Waals surface area contributed by atoms with E-state index in [1.165, 1.54) is 6.33 Å². The summed E-state index contributed by atoms with van der Waals surface area (Å²) in [7, 11) is 0. The first-order valence-electron chi connectivity index (χ1n) is 8.02. The number of thiazole rings is 1. The van der Waals surface area contributed by atoms with Gasteiger partial charge in [0.2, 0.25) is 0 Å². The molecule has 0 atom stereocenters. The zero-order valence-corrected chi connectivity index (χ0v) is 14.7. The van der Waals surface area contributed by atoms with Crippen LogP contribution in [0.15, 0.2) is 30.2 Å². The van der Waals surface area contributed by atoms with E-state index in [0.29, 0.717) is 24.4 Å². The summed E-state index contributed by atoms with van der Waals surface area (Å²) in [5, 5.41) is 9.05. The fraction of sp³-hybridized carbons (Fsp3) is 0.312. The van der Waals surface area contributed by atoms with Gasteiger partial charge in [0, 0.05) is 30.7 Å². The van der Waals surface area contributed by atoms with Gasteiger partial charge in [0.05, 0.1) is 11.4 Å². The molecule has 9 heteroatoms. The van der Waals surface area contributed by atoms with Crippen LogP contribution in [0.4, 0.5) is 0 Å². The maximum atomic E-state index is 12.4. The minimum absolute atomic E-state index is 0.206. The number of hydrogen-bond acceptors (Lipinski definition) is 6. The number of carbonyl (C=O) groups excluding carboxylic acids is 1. The van der Waals surface area contributed by atoms with Gasteiger partial charge in [-0.1, -0.05) is 13.8 Å². The zero-order valence-electron chi connectivity index (χ0n) is 13.9. The average molecular weight is 355 g/mol. The second kappa shape index (κ2) is 6.25. The normalized spacial score (nSPS) is 11.6. The topological polar surface area (TPSA) is 89.5 Å². The van der Waals surface area contributed by atoms with Crippen LogP contribution in [0.25, 0.3) is 10.7 Å². The van der Waals surface area contributed by atoms with Crippen LogP contribution < -0.4 is 5.32 Å². The molecule has 1 N–H and O–H groups in total. The minimum Gasteiger partial charge on any atom is -0.350 e. The molecular weight excluding hydrogens is 338 g/mol. The van der Waals surface area contributed by atoms with Crippen LogP contribution in [0.2, 0.25) is 0 Å². The molecule has 4 rings (SSSR count). The number of carbonyl (C=O) groups is 1. The van der Waals surface area contributed by atoms with E-state index in [2.05, 4.69) is 25.4 Å². The molecule has 1 amide bonds. The highest BCUT2D eigenvalue weighted by Gasteiger charge is 2.15. The van der Waals surface area contributed by atoms with Gasteiger partial charge in [0.15, 0.2) is 4.96 Å². The van der Waals surface area contributed by atoms with Crippen LogP contribution in [-0.2, 0) is 6.42 Å². The van der Waals surface area contributed by atoms with E-state index in [1.807, 2.05) is 36.0 Å². The van der Waals surface area contributed by atoms with Crippen molar-refractivity contribution in [1.82, 2.24) is 34.3 Å². The lowest BCUT2D eigenvalue weighted by molar-refractivity contribution is 0.0949. The van der Waals surface area contributed by atoms with Gasteiger partial charge in [0.25, 0.3) is 11.7 Å². The fourth-order valence-corrected chi connectivity index (χ4v) is 3.37. The third-order valence-electron chi connectivity index (χ3n) is 3.91. The van der Waals surface area contributed by atoms with Crippen molar-refractivity contribution >= 4 is 28.0 Å². The van der Waals surface area contributed by atoms with Crippen molar-refractivity contribution in [3.8, 4) is 0 Å². The lowest BCUT2D eigenvalue weighted by Gasteiger charge is -2.10. The van der Waals surface area contributed by atoms with Crippen molar-refractivity contribution in [1.29, 1.82) is 0 Å². The van der Waals surface area contributed by atoms with E-state index in [-0.39, 0.29) is 11.8 Å². The molecule has 0 aliphatic rings. The molecule has 0 aliphatic carbocycles. The minimum atomic E-state index is -0.214. The molecule has 0 unspecified atom stereocenters. The Morgan fingerprint density at radius 1 is 1.36 bits per heavy atom. The molecule has 0 bridgehead atoms. The fourth-order valence-electron chi connectivity index (χ4n) is 2.65. The summed E-state index contributed by atoms with van der Waals surface area (Å²) in [6, 6.07) is 1.77. The van der Waals surface area contributed by atoms with Gasteiger partial charge in [-0.15, -0.1) is 11.3 Å². The first kappa shape index (κ1) is 15.7. The van der Waals surface area contributed by atoms with Crippen LogP contribution in [0, 0.1) is 0 Å². The molecule has 0 saturated heterocycles. The van der Waals surface area contributed by atoms with Crippen LogP contribution in [0.1, 0.15) is 41.6 Å². The van der Waals surface area contributed by atoms with E-state index < -0.39 is 0 Å². The highest BCUT2D eigenvalue weighted by atomic mass is 32.1. The average Bonchev–Trinajstić information content (AvgIpc) is 3.28. The van der Waals surface area contributed by atoms with Crippen molar-refractivity contribution in [2.24, 2.45) is 0 Å². The van der Waals surface area contributed by atoms with Crippen molar-refractivity contribution in [2.45, 2.75) is 26.2 Å². The van der Waals surface area contributed by atoms with E-state index in [4.69, 9.17) is 0 Å². The van der Waals surface area contributed by atoms with E-state index in [9.17, 15) is 4.79 Å². The smallest absolute Gasteiger partial charge is 0.270 e. The van der Waals surface area contributed by atoms with E-state index in [0.717, 1.165) is 16.3 Å². The molecule has 0 radical (unpaired) electrons. The number of nitrogens with zero attached hydrogens (tertiary/aromatic N) is 6. The molecule has 0 aliphatic heterocycles. The number of nitrogens with one attached hydrogen (secondary N) is 1. The van der Waals surface area contributed by atoms with Gasteiger partial charge in [-0.25, -0.2) is 14.5 Å². The van der Waals surface area contributed by atoms with Gasteiger partial charge in [-0.2, -0.15) is 10.1 Å². The van der Waals surface area contributed by atoms with Gasteiger partial charge in [-0.3, -0.25) is 9.20 Å². The largest absolute Gasteiger partial charge is 0.350 e. The number of hydrogen-bond donors (Lipinski definition) is 1. The Hall–Kier alpha value is -2.81. The van der Waals surface area contributed by atoms with Crippen LogP contribution in [-0.4, -0.2) is 41.4 Å². The SMILES string of the molecule is CC(C)c1cc(C(=O)NCCc2cn3ccsc3n2)nc2ncnn12. The number of aromatic nitrogens is 6. The maximum absolute atomic E-state index is 12.4. The molecule has 0 fully saturated rings. The van der Waals surface area contributed by atoms with Crippen LogP contribution in [0.5, 0.6) is 0 Å². The predicted molar refractivity (Wildman–Crippen MR) is 94.0 cm³/mol. The number of rotatable bonds is 5. The zero-order chi connectivity index (χ0) is 17.4. The third kappa shape index (κ3) is 2.98. The second-order valence-corrected chi connectivity index (χ2v) is 6.90. The number of amides is 1. The Labute approximate surface area is 147 Å². The van der Waals surface area contributed by atoms with E-state index >= 15 is 0 Å². The molecular formula is C16H17N7OS. The molecule has 4 aromatic rings. The monoisotopic (exact) mass is 355 g/mol. The summed E-state index contributed by atoms with van der Waals surface area (Å²) in [4.78, 5) is 26.3. The van der Waals surface area contributed by atoms with Gasteiger partial charge in [-0.05, 0) is 12.0 Å². The molecule has 4 heterocycles. The second-order valence-electron chi connectivity index (χ2n) is 6.02. The number of imidazole rings is 1. The molecule has 4 aromatic heterocycles. The van der Waals surface area contributed by atoms with Gasteiger partial charge < -0.3 is 5.32 Å². The Morgan fingerprint density at radius 2 is 2.24 bits per heavy atom. The van der Waals surface area contributed by atoms with Crippen molar-refractivity contribution in [3.05, 3.63) is 47.2 Å². The maximum Gasteiger partial charge on any atom is 0.270 e. The standard InChI is InChI=1S/C16H17N7OS/c1-10(2)13-7-12(21-15-18-9-19-23(13)15)14(24)17-4-3-11-8-22-5-6-25-16(22)20-11/h5-10H,3-4H2,1-2H3,(H,17,24). The summed E-state index contributed by atoms with van der Waals surface area (Å²) in [6.07, 6.45) is 6.07. The molecule has 0 spiro atoms. The Kier molecular flexibility index (Phi) is 3.92. The summed E-state index contributed by atoms with van der Waals surface area (Å²) in [5.41, 5.74) is 2.22. The molecule has 0 saturated carbocycles. The van der Waals surface area contributed by atoms with Crippen molar-refractivity contribution < 1.29 is 4.79 Å².